The fraction of sp³-hybridized carbons (Fsp3) is 0.458. The largest absolute Gasteiger partial charge is 0.496 e. The van der Waals surface area contributed by atoms with E-state index in [1.807, 2.05) is 37.1 Å². The monoisotopic (exact) mass is 452 g/mol. The number of piperidine rings is 1. The van der Waals surface area contributed by atoms with Crippen LogP contribution in [0.3, 0.4) is 0 Å². The van der Waals surface area contributed by atoms with Crippen molar-refractivity contribution in [1.82, 2.24) is 5.01 Å². The van der Waals surface area contributed by atoms with Crippen LogP contribution in [0.1, 0.15) is 56.3 Å². The van der Waals surface area contributed by atoms with Crippen molar-refractivity contribution >= 4 is 30.6 Å². The van der Waals surface area contributed by atoms with Gasteiger partial charge in [0.2, 0.25) is 0 Å². The summed E-state index contributed by atoms with van der Waals surface area (Å²) in [6.45, 7) is 6.53. The molecule has 30 heavy (non-hydrogen) atoms. The Hall–Kier alpha value is -1.59. The summed E-state index contributed by atoms with van der Waals surface area (Å²) in [4.78, 5) is 12.1. The molecule has 166 valence electrons. The molecule has 3 rings (SSSR count). The first-order valence-electron chi connectivity index (χ1n) is 10.1. The number of halogens is 2. The van der Waals surface area contributed by atoms with Crippen molar-refractivity contribution in [2.45, 2.75) is 51.5 Å². The van der Waals surface area contributed by atoms with Crippen LogP contribution in [-0.2, 0) is 16.6 Å². The number of carbonyl (C=O) groups excluding carboxylic acids is 1. The molecule has 1 heterocycles. The third-order valence-corrected chi connectivity index (χ3v) is 6.30. The van der Waals surface area contributed by atoms with E-state index >= 15 is 0 Å². The van der Waals surface area contributed by atoms with Gasteiger partial charge in [-0.05, 0) is 68.7 Å². The van der Waals surface area contributed by atoms with Crippen LogP contribution in [0.5, 0.6) is 5.75 Å². The van der Waals surface area contributed by atoms with E-state index in [1.165, 1.54) is 5.56 Å². The molecule has 2 atom stereocenters. The molecule has 0 saturated carbocycles. The summed E-state index contributed by atoms with van der Waals surface area (Å²) in [5, 5.41) is 1.99. The predicted octanol–water partition coefficient (Wildman–Crippen LogP) is 5.27. The van der Waals surface area contributed by atoms with Gasteiger partial charge in [0.15, 0.2) is 0 Å². The Morgan fingerprint density at radius 1 is 1.17 bits per heavy atom. The fourth-order valence-electron chi connectivity index (χ4n) is 4.24. The first-order chi connectivity index (χ1) is 13.3. The van der Waals surface area contributed by atoms with Crippen molar-refractivity contribution in [1.29, 1.82) is 0 Å². The van der Waals surface area contributed by atoms with Gasteiger partial charge in [0.25, 0.3) is 0 Å². The number of Topliss-reactive ketones (excluding diaryl/α,β-unsaturated/α-hetero) is 1. The Kier molecular flexibility index (Phi) is 9.83. The molecule has 0 aliphatic carbocycles. The zero-order valence-corrected chi connectivity index (χ0v) is 19.9. The van der Waals surface area contributed by atoms with Crippen LogP contribution in [0, 0.1) is 5.92 Å². The van der Waals surface area contributed by atoms with Gasteiger partial charge in [-0.15, -0.1) is 24.8 Å². The highest BCUT2D eigenvalue weighted by Crippen LogP contribution is 2.39. The van der Waals surface area contributed by atoms with Gasteiger partial charge < -0.3 is 4.74 Å². The topological polar surface area (TPSA) is 55.6 Å². The van der Waals surface area contributed by atoms with E-state index in [4.69, 9.17) is 10.6 Å². The highest BCUT2D eigenvalue weighted by molar-refractivity contribution is 5.87. The minimum absolute atomic E-state index is 0. The van der Waals surface area contributed by atoms with Gasteiger partial charge in [0.05, 0.1) is 13.2 Å². The second-order valence-electron chi connectivity index (χ2n) is 8.41. The molecule has 1 aliphatic heterocycles. The van der Waals surface area contributed by atoms with Crippen LogP contribution in [0.15, 0.2) is 48.5 Å². The third kappa shape index (κ3) is 5.55. The summed E-state index contributed by atoms with van der Waals surface area (Å²) in [5.41, 5.74) is 2.93. The number of rotatable bonds is 6. The lowest BCUT2D eigenvalue weighted by Gasteiger charge is -2.39. The van der Waals surface area contributed by atoms with Gasteiger partial charge in [-0.25, -0.2) is 5.01 Å². The molecule has 0 spiro atoms. The molecule has 0 radical (unpaired) electrons. The molecular weight excluding hydrogens is 419 g/mol. The quantitative estimate of drug-likeness (QED) is 0.605. The van der Waals surface area contributed by atoms with Gasteiger partial charge in [0, 0.05) is 12.0 Å². The van der Waals surface area contributed by atoms with E-state index in [-0.39, 0.29) is 36.6 Å². The van der Waals surface area contributed by atoms with Crippen LogP contribution >= 0.6 is 24.8 Å². The molecule has 1 fully saturated rings. The lowest BCUT2D eigenvalue weighted by molar-refractivity contribution is -0.121. The van der Waals surface area contributed by atoms with Crippen LogP contribution < -0.4 is 10.6 Å². The van der Waals surface area contributed by atoms with Crippen LogP contribution in [0.4, 0.5) is 0 Å². The van der Waals surface area contributed by atoms with Crippen molar-refractivity contribution < 1.29 is 9.53 Å². The number of nitrogens with zero attached hydrogens (tertiary/aromatic N) is 1. The normalized spacial score (nSPS) is 19.4. The SMILES string of the molecule is COc1ccc(C(C)(C)C(C)=O)cc1C[C@@H]1CCCN(N)[C@@H]1c1ccccc1.Cl.Cl. The van der Waals surface area contributed by atoms with Crippen LogP contribution in [0.25, 0.3) is 0 Å². The van der Waals surface area contributed by atoms with Crippen LogP contribution in [-0.4, -0.2) is 24.4 Å². The number of hydrogen-bond donors (Lipinski definition) is 1. The van der Waals surface area contributed by atoms with E-state index in [0.29, 0.717) is 5.92 Å². The molecule has 0 bridgehead atoms. The number of ether oxygens (including phenoxy) is 1. The Balaban J connectivity index is 0.00000225. The molecule has 1 aliphatic rings. The van der Waals surface area contributed by atoms with E-state index in [9.17, 15) is 4.79 Å². The average Bonchev–Trinajstić information content (AvgIpc) is 2.68. The first kappa shape index (κ1) is 26.4. The summed E-state index contributed by atoms with van der Waals surface area (Å²) >= 11 is 0. The number of benzene rings is 2. The highest BCUT2D eigenvalue weighted by Gasteiger charge is 2.33. The minimum atomic E-state index is -0.508. The highest BCUT2D eigenvalue weighted by atomic mass is 35.5. The number of ketones is 1. The van der Waals surface area contributed by atoms with Gasteiger partial charge in [0.1, 0.15) is 11.5 Å². The van der Waals surface area contributed by atoms with Crippen molar-refractivity contribution in [3.63, 3.8) is 0 Å². The maximum absolute atomic E-state index is 12.1. The third-order valence-electron chi connectivity index (χ3n) is 6.30. The van der Waals surface area contributed by atoms with Crippen LogP contribution in [0.2, 0.25) is 0 Å². The Morgan fingerprint density at radius 2 is 1.83 bits per heavy atom. The zero-order valence-electron chi connectivity index (χ0n) is 18.3. The second kappa shape index (κ2) is 11.1. The minimum Gasteiger partial charge on any atom is -0.496 e. The van der Waals surface area contributed by atoms with Crippen molar-refractivity contribution in [3.8, 4) is 5.75 Å². The number of hydrazine groups is 1. The molecule has 1 saturated heterocycles. The summed E-state index contributed by atoms with van der Waals surface area (Å²) in [5.74, 6) is 7.86. The lowest BCUT2D eigenvalue weighted by atomic mass is 9.78. The lowest BCUT2D eigenvalue weighted by Crippen LogP contribution is -2.44. The Bertz CT molecular complexity index is 827. The Labute approximate surface area is 193 Å². The molecule has 6 heteroatoms. The molecule has 0 aromatic heterocycles. The number of hydrogen-bond acceptors (Lipinski definition) is 4. The summed E-state index contributed by atoms with van der Waals surface area (Å²) in [6, 6.07) is 16.9. The predicted molar refractivity (Wildman–Crippen MR) is 128 cm³/mol. The average molecular weight is 453 g/mol. The van der Waals surface area contributed by atoms with Gasteiger partial charge >= 0.3 is 0 Å². The van der Waals surface area contributed by atoms with Gasteiger partial charge in [-0.1, -0.05) is 42.5 Å². The summed E-state index contributed by atoms with van der Waals surface area (Å²) in [7, 11) is 1.71. The summed E-state index contributed by atoms with van der Waals surface area (Å²) < 4.78 is 5.65. The first-order valence-corrected chi connectivity index (χ1v) is 10.1. The maximum atomic E-state index is 12.1. The van der Waals surface area contributed by atoms with E-state index < -0.39 is 5.41 Å². The zero-order chi connectivity index (χ0) is 20.3. The molecule has 0 unspecified atom stereocenters. The van der Waals surface area contributed by atoms with Crippen molar-refractivity contribution in [2.75, 3.05) is 13.7 Å². The molecule has 2 N–H and O–H groups in total. The molecule has 0 amide bonds. The number of carbonyl (C=O) groups is 1. The molecule has 2 aromatic carbocycles. The van der Waals surface area contributed by atoms with E-state index in [0.717, 1.165) is 42.7 Å². The Morgan fingerprint density at radius 3 is 2.43 bits per heavy atom. The number of methoxy groups -OCH3 is 1. The summed E-state index contributed by atoms with van der Waals surface area (Å²) in [6.07, 6.45) is 3.08. The molecular formula is C24H34Cl2N2O2. The fourth-order valence-corrected chi connectivity index (χ4v) is 4.24. The van der Waals surface area contributed by atoms with Gasteiger partial charge in [-0.2, -0.15) is 0 Å². The maximum Gasteiger partial charge on any atom is 0.139 e. The standard InChI is InChI=1S/C24H32N2O2.2ClH/c1-17(27)24(2,3)21-12-13-22(28-4)20(16-21)15-19-11-8-14-26(25)23(19)18-9-6-5-7-10-18;;/h5-7,9-10,12-13,16,19,23H,8,11,14-15,25H2,1-4H3;2*1H/t19-,23+;;/m0../s1. The molecule has 4 nitrogen and oxygen atoms in total. The van der Waals surface area contributed by atoms with E-state index in [1.54, 1.807) is 14.0 Å². The second-order valence-corrected chi connectivity index (χ2v) is 8.41. The molecule has 2 aromatic rings. The van der Waals surface area contributed by atoms with Crippen molar-refractivity contribution in [3.05, 3.63) is 65.2 Å². The van der Waals surface area contributed by atoms with Crippen molar-refractivity contribution in [2.24, 2.45) is 11.8 Å². The van der Waals surface area contributed by atoms with Gasteiger partial charge in [-0.3, -0.25) is 10.6 Å². The number of nitrogens with two attached hydrogens (primary N) is 1. The smallest absolute Gasteiger partial charge is 0.139 e. The van der Waals surface area contributed by atoms with E-state index in [2.05, 4.69) is 30.3 Å².